The quantitative estimate of drug-likeness (QED) is 0.466. The van der Waals surface area contributed by atoms with Gasteiger partial charge in [-0.3, -0.25) is 9.59 Å². The molecule has 0 radical (unpaired) electrons. The normalized spacial score (nSPS) is 13.8. The van der Waals surface area contributed by atoms with E-state index in [0.29, 0.717) is 28.3 Å². The molecule has 0 atom stereocenters. The van der Waals surface area contributed by atoms with Gasteiger partial charge in [0.15, 0.2) is 0 Å². The van der Waals surface area contributed by atoms with Crippen molar-refractivity contribution in [2.24, 2.45) is 0 Å². The number of nitrogens with zero attached hydrogens (tertiary/aromatic N) is 1. The molecule has 1 aliphatic heterocycles. The van der Waals surface area contributed by atoms with E-state index >= 15 is 0 Å². The first-order valence-electron chi connectivity index (χ1n) is 10.2. The Labute approximate surface area is 186 Å². The Morgan fingerprint density at radius 3 is 2.23 bits per heavy atom. The van der Waals surface area contributed by atoms with E-state index in [0.717, 1.165) is 21.8 Å². The van der Waals surface area contributed by atoms with E-state index in [1.165, 1.54) is 16.7 Å². The highest BCUT2D eigenvalue weighted by molar-refractivity contribution is 8.04. The lowest BCUT2D eigenvalue weighted by Gasteiger charge is -2.19. The minimum atomic E-state index is -0.304. The van der Waals surface area contributed by atoms with Crippen LogP contribution in [0.25, 0.3) is 5.57 Å². The first-order chi connectivity index (χ1) is 15.0. The van der Waals surface area contributed by atoms with Gasteiger partial charge in [-0.1, -0.05) is 54.2 Å². The summed E-state index contributed by atoms with van der Waals surface area (Å²) in [7, 11) is 0. The summed E-state index contributed by atoms with van der Waals surface area (Å²) < 4.78 is 5.53. The molecular formula is C26H23NO3S. The van der Waals surface area contributed by atoms with Gasteiger partial charge in [-0.2, -0.15) is 0 Å². The van der Waals surface area contributed by atoms with Gasteiger partial charge in [0, 0.05) is 4.90 Å². The first kappa shape index (κ1) is 20.9. The zero-order valence-corrected chi connectivity index (χ0v) is 18.5. The lowest BCUT2D eigenvalue weighted by molar-refractivity contribution is -0.119. The molecule has 0 saturated carbocycles. The Kier molecular flexibility index (Phi) is 5.96. The van der Waals surface area contributed by atoms with Gasteiger partial charge >= 0.3 is 0 Å². The lowest BCUT2D eigenvalue weighted by atomic mass is 10.1. The molecule has 4 nitrogen and oxygen atoms in total. The lowest BCUT2D eigenvalue weighted by Crippen LogP contribution is -2.32. The largest absolute Gasteiger partial charge is 0.494 e. The molecule has 31 heavy (non-hydrogen) atoms. The number of hydrogen-bond donors (Lipinski definition) is 0. The van der Waals surface area contributed by atoms with Crippen LogP contribution in [0.4, 0.5) is 5.69 Å². The predicted octanol–water partition coefficient (Wildman–Crippen LogP) is 5.78. The van der Waals surface area contributed by atoms with E-state index in [9.17, 15) is 9.59 Å². The van der Waals surface area contributed by atoms with Crippen LogP contribution < -0.4 is 9.64 Å². The van der Waals surface area contributed by atoms with Crippen LogP contribution in [-0.2, 0) is 9.59 Å². The summed E-state index contributed by atoms with van der Waals surface area (Å²) >= 11 is 1.33. The number of hydrogen-bond acceptors (Lipinski definition) is 4. The highest BCUT2D eigenvalue weighted by atomic mass is 32.2. The predicted molar refractivity (Wildman–Crippen MR) is 125 cm³/mol. The molecule has 0 spiro atoms. The number of benzene rings is 3. The molecule has 0 N–H and O–H groups in total. The molecule has 0 aromatic heterocycles. The van der Waals surface area contributed by atoms with Crippen molar-refractivity contribution in [2.45, 2.75) is 25.7 Å². The summed E-state index contributed by atoms with van der Waals surface area (Å²) in [4.78, 5) is 29.8. The van der Waals surface area contributed by atoms with Gasteiger partial charge in [0.05, 0.1) is 22.8 Å². The summed E-state index contributed by atoms with van der Waals surface area (Å²) in [5.41, 5.74) is 3.70. The number of thioether (sulfide) groups is 1. The molecule has 2 amide bonds. The van der Waals surface area contributed by atoms with Gasteiger partial charge in [0.1, 0.15) is 5.75 Å². The summed E-state index contributed by atoms with van der Waals surface area (Å²) in [5, 5.41) is 0. The smallest absolute Gasteiger partial charge is 0.272 e. The molecular weight excluding hydrogens is 406 g/mol. The van der Waals surface area contributed by atoms with E-state index in [1.807, 2.05) is 93.6 Å². The van der Waals surface area contributed by atoms with Crippen molar-refractivity contribution in [1.82, 2.24) is 0 Å². The Morgan fingerprint density at radius 1 is 0.839 bits per heavy atom. The number of amides is 2. The van der Waals surface area contributed by atoms with Gasteiger partial charge in [-0.05, 0) is 67.8 Å². The zero-order chi connectivity index (χ0) is 22.0. The van der Waals surface area contributed by atoms with Crippen LogP contribution >= 0.6 is 11.8 Å². The van der Waals surface area contributed by atoms with Gasteiger partial charge in [0.25, 0.3) is 11.8 Å². The Bertz CT molecular complexity index is 1170. The van der Waals surface area contributed by atoms with E-state index in [-0.39, 0.29) is 11.8 Å². The molecule has 0 unspecified atom stereocenters. The Balaban J connectivity index is 1.82. The molecule has 0 fully saturated rings. The summed E-state index contributed by atoms with van der Waals surface area (Å²) in [6, 6.07) is 22.6. The van der Waals surface area contributed by atoms with E-state index < -0.39 is 0 Å². The monoisotopic (exact) mass is 429 g/mol. The van der Waals surface area contributed by atoms with E-state index in [4.69, 9.17) is 4.74 Å². The fraction of sp³-hybridized carbons (Fsp3) is 0.154. The fourth-order valence-electron chi connectivity index (χ4n) is 3.55. The molecule has 156 valence electrons. The number of anilines is 1. The fourth-order valence-corrected chi connectivity index (χ4v) is 4.56. The maximum atomic E-state index is 13.6. The molecule has 3 aromatic carbocycles. The third-order valence-corrected chi connectivity index (χ3v) is 6.37. The second-order valence-electron chi connectivity index (χ2n) is 7.24. The van der Waals surface area contributed by atoms with Crippen LogP contribution in [0.2, 0.25) is 0 Å². The van der Waals surface area contributed by atoms with Crippen molar-refractivity contribution in [3.8, 4) is 5.75 Å². The first-order valence-corrected chi connectivity index (χ1v) is 11.0. The molecule has 5 heteroatoms. The number of imide groups is 1. The third kappa shape index (κ3) is 4.01. The van der Waals surface area contributed by atoms with Crippen LogP contribution in [0.15, 0.2) is 82.6 Å². The zero-order valence-electron chi connectivity index (χ0n) is 17.7. The third-order valence-electron chi connectivity index (χ3n) is 5.28. The molecule has 1 aliphatic rings. The number of ether oxygens (including phenoxy) is 1. The minimum absolute atomic E-state index is 0.295. The SMILES string of the molecule is CCOc1ccc(C2=C(Sc3ccccc3)C(=O)N(c3cccc(C)c3C)C2=O)cc1. The maximum absolute atomic E-state index is 13.6. The molecule has 0 aliphatic carbocycles. The molecule has 3 aromatic rings. The highest BCUT2D eigenvalue weighted by Gasteiger charge is 2.41. The summed E-state index contributed by atoms with van der Waals surface area (Å²) in [6.45, 7) is 6.40. The summed E-state index contributed by atoms with van der Waals surface area (Å²) in [6.07, 6.45) is 0. The van der Waals surface area contributed by atoms with Crippen LogP contribution in [0.5, 0.6) is 5.75 Å². The average Bonchev–Trinajstić information content (AvgIpc) is 3.01. The second kappa shape index (κ2) is 8.82. The van der Waals surface area contributed by atoms with Crippen molar-refractivity contribution >= 4 is 34.8 Å². The maximum Gasteiger partial charge on any atom is 0.272 e. The number of aryl methyl sites for hydroxylation is 1. The van der Waals surface area contributed by atoms with Gasteiger partial charge in [0.2, 0.25) is 0 Å². The summed E-state index contributed by atoms with van der Waals surface area (Å²) in [5.74, 6) is 0.130. The van der Waals surface area contributed by atoms with E-state index in [1.54, 1.807) is 0 Å². The van der Waals surface area contributed by atoms with Gasteiger partial charge in [-0.25, -0.2) is 4.90 Å². The molecule has 1 heterocycles. The van der Waals surface area contributed by atoms with Crippen molar-refractivity contribution in [3.63, 3.8) is 0 Å². The minimum Gasteiger partial charge on any atom is -0.494 e. The highest BCUT2D eigenvalue weighted by Crippen LogP contribution is 2.42. The van der Waals surface area contributed by atoms with E-state index in [2.05, 4.69) is 0 Å². The second-order valence-corrected chi connectivity index (χ2v) is 8.33. The van der Waals surface area contributed by atoms with Crippen LogP contribution in [0, 0.1) is 13.8 Å². The number of carbonyl (C=O) groups is 2. The van der Waals surface area contributed by atoms with Crippen molar-refractivity contribution in [2.75, 3.05) is 11.5 Å². The molecule has 4 rings (SSSR count). The van der Waals surface area contributed by atoms with Crippen LogP contribution in [0.1, 0.15) is 23.6 Å². The van der Waals surface area contributed by atoms with Crippen LogP contribution in [0.3, 0.4) is 0 Å². The standard InChI is InChI=1S/C26H23NO3S/c1-4-30-20-15-13-19(14-16-20)23-24(31-21-10-6-5-7-11-21)26(29)27(25(23)28)22-12-8-9-17(2)18(22)3/h5-16H,4H2,1-3H3. The molecule has 0 bridgehead atoms. The van der Waals surface area contributed by atoms with Crippen molar-refractivity contribution in [3.05, 3.63) is 94.4 Å². The average molecular weight is 430 g/mol. The Hall–Kier alpha value is -3.31. The number of rotatable bonds is 6. The van der Waals surface area contributed by atoms with Crippen LogP contribution in [-0.4, -0.2) is 18.4 Å². The number of carbonyl (C=O) groups excluding carboxylic acids is 2. The van der Waals surface area contributed by atoms with Crippen molar-refractivity contribution in [1.29, 1.82) is 0 Å². The Morgan fingerprint density at radius 2 is 1.55 bits per heavy atom. The van der Waals surface area contributed by atoms with Gasteiger partial charge < -0.3 is 4.74 Å². The van der Waals surface area contributed by atoms with Crippen molar-refractivity contribution < 1.29 is 14.3 Å². The molecule has 0 saturated heterocycles. The topological polar surface area (TPSA) is 46.6 Å². The van der Waals surface area contributed by atoms with Gasteiger partial charge in [-0.15, -0.1) is 0 Å².